The van der Waals surface area contributed by atoms with Crippen LogP contribution in [0.4, 0.5) is 30.6 Å². The molecule has 0 aliphatic carbocycles. The third-order valence-corrected chi connectivity index (χ3v) is 6.14. The minimum atomic E-state index is -4.46. The zero-order valence-electron chi connectivity index (χ0n) is 18.7. The molecular formula is C22H23F3N8O. The Morgan fingerprint density at radius 1 is 1.18 bits per heavy atom. The predicted octanol–water partition coefficient (Wildman–Crippen LogP) is 2.86. The molecule has 2 aliphatic rings. The lowest BCUT2D eigenvalue weighted by atomic mass is 10.0. The molecule has 2 aliphatic heterocycles. The maximum Gasteiger partial charge on any atom is 0.433 e. The molecule has 3 aromatic rings. The Morgan fingerprint density at radius 3 is 2.74 bits per heavy atom. The fraction of sp³-hybridized carbons (Fsp3) is 0.409. The highest BCUT2D eigenvalue weighted by Gasteiger charge is 2.38. The van der Waals surface area contributed by atoms with E-state index in [1.165, 1.54) is 12.3 Å². The molecule has 0 bridgehead atoms. The molecule has 0 saturated carbocycles. The van der Waals surface area contributed by atoms with E-state index in [9.17, 15) is 18.0 Å². The zero-order valence-corrected chi connectivity index (χ0v) is 18.7. The number of likely N-dealkylation sites (N-methyl/N-ethyl adjacent to an activating group) is 1. The normalized spacial score (nSPS) is 17.7. The summed E-state index contributed by atoms with van der Waals surface area (Å²) in [4.78, 5) is 29.1. The van der Waals surface area contributed by atoms with Crippen molar-refractivity contribution in [1.82, 2.24) is 24.7 Å². The van der Waals surface area contributed by atoms with Crippen molar-refractivity contribution in [2.45, 2.75) is 45.1 Å². The minimum Gasteiger partial charge on any atom is -0.350 e. The number of amides is 1. The Hall–Kier alpha value is -3.70. The van der Waals surface area contributed by atoms with E-state index >= 15 is 0 Å². The third-order valence-electron chi connectivity index (χ3n) is 6.14. The summed E-state index contributed by atoms with van der Waals surface area (Å²) < 4.78 is 39.7. The topological polar surface area (TPSA) is 92.1 Å². The van der Waals surface area contributed by atoms with Gasteiger partial charge in [0.25, 0.3) is 0 Å². The Morgan fingerprint density at radius 2 is 2.00 bits per heavy atom. The van der Waals surface area contributed by atoms with E-state index in [1.54, 1.807) is 15.8 Å². The van der Waals surface area contributed by atoms with Gasteiger partial charge in [-0.3, -0.25) is 14.5 Å². The summed E-state index contributed by atoms with van der Waals surface area (Å²) >= 11 is 0. The molecule has 5 rings (SSSR count). The highest BCUT2D eigenvalue weighted by atomic mass is 19.4. The average Bonchev–Trinajstić information content (AvgIpc) is 3.26. The first-order valence-electron chi connectivity index (χ1n) is 10.9. The molecule has 12 heteroatoms. The summed E-state index contributed by atoms with van der Waals surface area (Å²) in [6, 6.07) is 2.07. The number of alkyl halides is 3. The van der Waals surface area contributed by atoms with Gasteiger partial charge in [-0.25, -0.2) is 4.98 Å². The molecular weight excluding hydrogens is 449 g/mol. The Labute approximate surface area is 193 Å². The smallest absolute Gasteiger partial charge is 0.350 e. The number of pyridine rings is 1. The van der Waals surface area contributed by atoms with Gasteiger partial charge in [-0.2, -0.15) is 23.3 Å². The number of aromatic nitrogens is 5. The molecule has 0 fully saturated rings. The van der Waals surface area contributed by atoms with Crippen LogP contribution < -0.4 is 15.1 Å². The first kappa shape index (κ1) is 22.1. The highest BCUT2D eigenvalue weighted by Crippen LogP contribution is 2.39. The molecule has 34 heavy (non-hydrogen) atoms. The number of carbonyl (C=O) groups excluding carboxylic acids is 1. The van der Waals surface area contributed by atoms with E-state index in [-0.39, 0.29) is 11.9 Å². The second kappa shape index (κ2) is 8.26. The average molecular weight is 472 g/mol. The summed E-state index contributed by atoms with van der Waals surface area (Å²) in [5.41, 5.74) is 2.23. The third kappa shape index (κ3) is 4.03. The lowest BCUT2D eigenvalue weighted by Gasteiger charge is -2.41. The maximum atomic E-state index is 12.7. The van der Waals surface area contributed by atoms with Crippen LogP contribution in [0.3, 0.4) is 0 Å². The number of nitrogens with one attached hydrogen (secondary N) is 1. The number of halogens is 3. The summed E-state index contributed by atoms with van der Waals surface area (Å²) in [5.74, 6) is 1.28. The summed E-state index contributed by atoms with van der Waals surface area (Å²) in [6.07, 6.45) is 1.88. The second-order valence-corrected chi connectivity index (χ2v) is 8.50. The fourth-order valence-corrected chi connectivity index (χ4v) is 4.21. The first-order valence-corrected chi connectivity index (χ1v) is 10.9. The van der Waals surface area contributed by atoms with Crippen molar-refractivity contribution in [3.63, 3.8) is 0 Å². The SMILES string of the molecule is C[C@H]1C(=O)N2CCCc3nc(NCc4cnn(Cc5ccc(C(F)(F)F)nc5)c4)nc(c32)N1C. The molecule has 0 spiro atoms. The first-order chi connectivity index (χ1) is 16.2. The van der Waals surface area contributed by atoms with Crippen molar-refractivity contribution in [3.05, 3.63) is 53.2 Å². The molecule has 0 aromatic carbocycles. The molecule has 178 valence electrons. The molecule has 0 unspecified atom stereocenters. The highest BCUT2D eigenvalue weighted by molar-refractivity contribution is 6.05. The van der Waals surface area contributed by atoms with Crippen molar-refractivity contribution in [2.75, 3.05) is 28.7 Å². The molecule has 0 radical (unpaired) electrons. The number of aryl methyl sites for hydroxylation is 1. The monoisotopic (exact) mass is 472 g/mol. The van der Waals surface area contributed by atoms with Gasteiger partial charge in [0.15, 0.2) is 5.82 Å². The van der Waals surface area contributed by atoms with Crippen LogP contribution in [0.15, 0.2) is 30.7 Å². The van der Waals surface area contributed by atoms with Gasteiger partial charge in [-0.15, -0.1) is 0 Å². The number of nitrogens with zero attached hydrogens (tertiary/aromatic N) is 7. The van der Waals surface area contributed by atoms with Crippen LogP contribution in [0.1, 0.15) is 35.9 Å². The van der Waals surface area contributed by atoms with Crippen LogP contribution in [0.2, 0.25) is 0 Å². The van der Waals surface area contributed by atoms with Gasteiger partial charge in [0.1, 0.15) is 17.4 Å². The van der Waals surface area contributed by atoms with Gasteiger partial charge in [0.2, 0.25) is 11.9 Å². The standard InChI is InChI=1S/C22H23F3N8O/c1-13-20(34)33-7-3-4-16-18(33)19(31(13)2)30-21(29-16)27-9-15-10-28-32(12-15)11-14-5-6-17(26-8-14)22(23,24)25/h5-6,8,10,12-13H,3-4,7,9,11H2,1-2H3,(H,27,29,30)/t13-/m0/s1. The van der Waals surface area contributed by atoms with Gasteiger partial charge < -0.3 is 15.1 Å². The van der Waals surface area contributed by atoms with Crippen molar-refractivity contribution in [1.29, 1.82) is 0 Å². The Kier molecular flexibility index (Phi) is 5.37. The molecule has 9 nitrogen and oxygen atoms in total. The van der Waals surface area contributed by atoms with Crippen molar-refractivity contribution in [2.24, 2.45) is 0 Å². The van der Waals surface area contributed by atoms with Crippen LogP contribution in [0.25, 0.3) is 0 Å². The number of anilines is 3. The van der Waals surface area contributed by atoms with Crippen LogP contribution in [0.5, 0.6) is 0 Å². The maximum absolute atomic E-state index is 12.7. The second-order valence-electron chi connectivity index (χ2n) is 8.50. The van der Waals surface area contributed by atoms with E-state index in [4.69, 9.17) is 0 Å². The minimum absolute atomic E-state index is 0.0657. The summed E-state index contributed by atoms with van der Waals surface area (Å²) in [7, 11) is 1.86. The molecule has 0 saturated heterocycles. The van der Waals surface area contributed by atoms with E-state index in [0.717, 1.165) is 41.7 Å². The molecule has 1 atom stereocenters. The van der Waals surface area contributed by atoms with Crippen LogP contribution in [-0.2, 0) is 30.5 Å². The Balaban J connectivity index is 1.28. The van der Waals surface area contributed by atoms with Gasteiger partial charge in [-0.05, 0) is 31.4 Å². The molecule has 3 aromatic heterocycles. The van der Waals surface area contributed by atoms with E-state index in [0.29, 0.717) is 31.1 Å². The number of carbonyl (C=O) groups is 1. The number of hydrogen-bond acceptors (Lipinski definition) is 7. The lowest BCUT2D eigenvalue weighted by Crippen LogP contribution is -2.53. The van der Waals surface area contributed by atoms with Crippen LogP contribution in [-0.4, -0.2) is 50.3 Å². The molecule has 1 amide bonds. The van der Waals surface area contributed by atoms with Gasteiger partial charge >= 0.3 is 6.18 Å². The number of hydrogen-bond donors (Lipinski definition) is 1. The lowest BCUT2D eigenvalue weighted by molar-refractivity contribution is -0.141. The summed E-state index contributed by atoms with van der Waals surface area (Å²) in [5, 5.41) is 7.51. The predicted molar refractivity (Wildman–Crippen MR) is 118 cm³/mol. The summed E-state index contributed by atoms with van der Waals surface area (Å²) in [6.45, 7) is 3.28. The Bertz CT molecular complexity index is 1220. The number of rotatable bonds is 5. The molecule has 1 N–H and O–H groups in total. The van der Waals surface area contributed by atoms with E-state index in [1.807, 2.05) is 25.1 Å². The largest absolute Gasteiger partial charge is 0.433 e. The van der Waals surface area contributed by atoms with E-state index < -0.39 is 11.9 Å². The van der Waals surface area contributed by atoms with E-state index in [2.05, 4.69) is 25.4 Å². The van der Waals surface area contributed by atoms with Crippen molar-refractivity contribution in [3.8, 4) is 0 Å². The van der Waals surface area contributed by atoms with Crippen molar-refractivity contribution >= 4 is 23.4 Å². The molecule has 5 heterocycles. The van der Waals surface area contributed by atoms with Crippen LogP contribution >= 0.6 is 0 Å². The van der Waals surface area contributed by atoms with Gasteiger partial charge in [0.05, 0.1) is 18.4 Å². The van der Waals surface area contributed by atoms with Gasteiger partial charge in [0, 0.05) is 38.1 Å². The fourth-order valence-electron chi connectivity index (χ4n) is 4.21. The quantitative estimate of drug-likeness (QED) is 0.611. The van der Waals surface area contributed by atoms with Crippen molar-refractivity contribution < 1.29 is 18.0 Å². The van der Waals surface area contributed by atoms with Crippen LogP contribution in [0, 0.1) is 0 Å². The van der Waals surface area contributed by atoms with Gasteiger partial charge in [-0.1, -0.05) is 6.07 Å². The zero-order chi connectivity index (χ0) is 24.0.